The van der Waals surface area contributed by atoms with E-state index in [1.807, 2.05) is 0 Å². The third-order valence-corrected chi connectivity index (χ3v) is 4.13. The first kappa shape index (κ1) is 15.1. The van der Waals surface area contributed by atoms with Gasteiger partial charge in [-0.05, 0) is 31.0 Å². The van der Waals surface area contributed by atoms with Crippen molar-refractivity contribution in [1.82, 2.24) is 4.90 Å². The minimum absolute atomic E-state index is 0.0188. The van der Waals surface area contributed by atoms with Crippen molar-refractivity contribution >= 4 is 17.5 Å². The fourth-order valence-electron chi connectivity index (χ4n) is 2.78. The number of aliphatic hydroxyl groups excluding tert-OH is 1. The molecule has 1 aromatic rings. The normalized spacial score (nSPS) is 16.1. The lowest BCUT2D eigenvalue weighted by molar-refractivity contribution is 0.0585. The van der Waals surface area contributed by atoms with Crippen LogP contribution in [0.3, 0.4) is 0 Å². The Morgan fingerprint density at radius 3 is 2.65 bits per heavy atom. The molecule has 4 nitrogen and oxygen atoms in total. The van der Waals surface area contributed by atoms with E-state index < -0.39 is 0 Å². The van der Waals surface area contributed by atoms with E-state index in [1.54, 1.807) is 4.90 Å². The van der Waals surface area contributed by atoms with Gasteiger partial charge in [0.15, 0.2) is 0 Å². The number of aliphatic hydroxyl groups is 1. The SMILES string of the molecule is O=C(c1cc(O)ccc1Cl)N(CCO)C1CCCCC1. The van der Waals surface area contributed by atoms with Crippen LogP contribution in [0.4, 0.5) is 0 Å². The number of carbonyl (C=O) groups excluding carboxylic acids is 1. The predicted octanol–water partition coefficient (Wildman–Crippen LogP) is 2.81. The number of hydrogen-bond acceptors (Lipinski definition) is 3. The van der Waals surface area contributed by atoms with Crippen LogP contribution in [0.1, 0.15) is 42.5 Å². The van der Waals surface area contributed by atoms with Crippen molar-refractivity contribution in [2.24, 2.45) is 0 Å². The topological polar surface area (TPSA) is 60.8 Å². The molecule has 1 aromatic carbocycles. The van der Waals surface area contributed by atoms with Crippen LogP contribution < -0.4 is 0 Å². The van der Waals surface area contributed by atoms with Gasteiger partial charge in [0, 0.05) is 12.6 Å². The average molecular weight is 298 g/mol. The van der Waals surface area contributed by atoms with Gasteiger partial charge in [0.25, 0.3) is 5.91 Å². The van der Waals surface area contributed by atoms with Crippen LogP contribution in [0.5, 0.6) is 5.75 Å². The second-order valence-electron chi connectivity index (χ2n) is 5.18. The molecule has 0 aliphatic heterocycles. The second-order valence-corrected chi connectivity index (χ2v) is 5.59. The highest BCUT2D eigenvalue weighted by Crippen LogP contribution is 2.27. The van der Waals surface area contributed by atoms with Gasteiger partial charge in [-0.15, -0.1) is 0 Å². The van der Waals surface area contributed by atoms with Gasteiger partial charge in [-0.1, -0.05) is 30.9 Å². The van der Waals surface area contributed by atoms with Gasteiger partial charge in [-0.2, -0.15) is 0 Å². The maximum atomic E-state index is 12.6. The van der Waals surface area contributed by atoms with Crippen molar-refractivity contribution in [1.29, 1.82) is 0 Å². The summed E-state index contributed by atoms with van der Waals surface area (Å²) in [4.78, 5) is 14.3. The van der Waals surface area contributed by atoms with E-state index in [-0.39, 0.29) is 24.3 Å². The first-order chi connectivity index (χ1) is 9.63. The van der Waals surface area contributed by atoms with Crippen molar-refractivity contribution < 1.29 is 15.0 Å². The summed E-state index contributed by atoms with van der Waals surface area (Å²) in [6.07, 6.45) is 5.33. The summed E-state index contributed by atoms with van der Waals surface area (Å²) < 4.78 is 0. The van der Waals surface area contributed by atoms with Crippen molar-refractivity contribution in [3.8, 4) is 5.75 Å². The van der Waals surface area contributed by atoms with Gasteiger partial charge >= 0.3 is 0 Å². The van der Waals surface area contributed by atoms with E-state index in [0.29, 0.717) is 17.1 Å². The zero-order valence-corrected chi connectivity index (χ0v) is 12.1. The summed E-state index contributed by atoms with van der Waals surface area (Å²) in [5, 5.41) is 19.1. The monoisotopic (exact) mass is 297 g/mol. The Morgan fingerprint density at radius 1 is 1.30 bits per heavy atom. The number of aromatic hydroxyl groups is 1. The number of phenolic OH excluding ortho intramolecular Hbond substituents is 1. The lowest BCUT2D eigenvalue weighted by Crippen LogP contribution is -2.43. The quantitative estimate of drug-likeness (QED) is 0.898. The fourth-order valence-corrected chi connectivity index (χ4v) is 2.98. The maximum Gasteiger partial charge on any atom is 0.255 e. The molecular formula is C15H20ClNO3. The molecule has 1 aliphatic carbocycles. The molecule has 0 radical (unpaired) electrons. The third-order valence-electron chi connectivity index (χ3n) is 3.80. The van der Waals surface area contributed by atoms with Crippen LogP contribution in [0.2, 0.25) is 5.02 Å². The molecule has 5 heteroatoms. The largest absolute Gasteiger partial charge is 0.508 e. The number of phenols is 1. The van der Waals surface area contributed by atoms with E-state index in [0.717, 1.165) is 25.7 Å². The molecule has 2 rings (SSSR count). The van der Waals surface area contributed by atoms with Gasteiger partial charge in [-0.25, -0.2) is 0 Å². The molecule has 0 bridgehead atoms. The molecule has 0 spiro atoms. The maximum absolute atomic E-state index is 12.6. The highest BCUT2D eigenvalue weighted by atomic mass is 35.5. The van der Waals surface area contributed by atoms with Crippen LogP contribution in [0, 0.1) is 0 Å². The molecule has 2 N–H and O–H groups in total. The summed E-state index contributed by atoms with van der Waals surface area (Å²) in [7, 11) is 0. The van der Waals surface area contributed by atoms with E-state index in [9.17, 15) is 15.0 Å². The fraction of sp³-hybridized carbons (Fsp3) is 0.533. The molecule has 0 atom stereocenters. The summed E-state index contributed by atoms with van der Waals surface area (Å²) in [6.45, 7) is 0.230. The van der Waals surface area contributed by atoms with Crippen LogP contribution in [0.15, 0.2) is 18.2 Å². The summed E-state index contributed by atoms with van der Waals surface area (Å²) in [5.41, 5.74) is 0.297. The summed E-state index contributed by atoms with van der Waals surface area (Å²) >= 11 is 6.05. The van der Waals surface area contributed by atoms with E-state index in [4.69, 9.17) is 11.6 Å². The molecule has 1 saturated carbocycles. The van der Waals surface area contributed by atoms with Crippen LogP contribution in [-0.4, -0.2) is 40.2 Å². The smallest absolute Gasteiger partial charge is 0.255 e. The lowest BCUT2D eigenvalue weighted by atomic mass is 9.93. The Labute approximate surface area is 124 Å². The number of benzene rings is 1. The Balaban J connectivity index is 2.23. The van der Waals surface area contributed by atoms with Crippen molar-refractivity contribution in [2.45, 2.75) is 38.1 Å². The number of amides is 1. The Bertz CT molecular complexity index is 472. The minimum atomic E-state index is -0.216. The van der Waals surface area contributed by atoms with Crippen molar-refractivity contribution in [2.75, 3.05) is 13.2 Å². The summed E-state index contributed by atoms with van der Waals surface area (Å²) in [5.74, 6) is -0.197. The van der Waals surface area contributed by atoms with E-state index in [2.05, 4.69) is 0 Å². The second kappa shape index (κ2) is 6.95. The van der Waals surface area contributed by atoms with Gasteiger partial charge in [0.05, 0.1) is 17.2 Å². The molecule has 20 heavy (non-hydrogen) atoms. The predicted molar refractivity (Wildman–Crippen MR) is 78.1 cm³/mol. The van der Waals surface area contributed by atoms with E-state index in [1.165, 1.54) is 24.6 Å². The number of hydrogen-bond donors (Lipinski definition) is 2. The zero-order valence-electron chi connectivity index (χ0n) is 11.4. The molecule has 1 fully saturated rings. The molecule has 0 aromatic heterocycles. The van der Waals surface area contributed by atoms with Gasteiger partial charge in [0.2, 0.25) is 0 Å². The molecule has 110 valence electrons. The highest BCUT2D eigenvalue weighted by molar-refractivity contribution is 6.33. The number of halogens is 1. The average Bonchev–Trinajstić information content (AvgIpc) is 2.47. The number of nitrogens with zero attached hydrogens (tertiary/aromatic N) is 1. The molecule has 0 heterocycles. The number of rotatable bonds is 4. The Morgan fingerprint density at radius 2 is 2.00 bits per heavy atom. The Kier molecular flexibility index (Phi) is 5.26. The third kappa shape index (κ3) is 3.44. The van der Waals surface area contributed by atoms with Gasteiger partial charge < -0.3 is 15.1 Å². The van der Waals surface area contributed by atoms with Crippen LogP contribution >= 0.6 is 11.6 Å². The molecule has 0 saturated heterocycles. The minimum Gasteiger partial charge on any atom is -0.508 e. The first-order valence-electron chi connectivity index (χ1n) is 7.04. The van der Waals surface area contributed by atoms with Gasteiger partial charge in [0.1, 0.15) is 5.75 Å². The van der Waals surface area contributed by atoms with Crippen molar-refractivity contribution in [3.05, 3.63) is 28.8 Å². The van der Waals surface area contributed by atoms with Gasteiger partial charge in [-0.3, -0.25) is 4.79 Å². The molecular weight excluding hydrogens is 278 g/mol. The van der Waals surface area contributed by atoms with E-state index >= 15 is 0 Å². The standard InChI is InChI=1S/C15H20ClNO3/c16-14-7-6-12(19)10-13(14)15(20)17(8-9-18)11-4-2-1-3-5-11/h6-7,10-11,18-19H,1-5,8-9H2. The molecule has 1 aliphatic rings. The van der Waals surface area contributed by atoms with Crippen LogP contribution in [0.25, 0.3) is 0 Å². The zero-order chi connectivity index (χ0) is 14.5. The number of carbonyl (C=O) groups is 1. The lowest BCUT2D eigenvalue weighted by Gasteiger charge is -2.34. The van der Waals surface area contributed by atoms with Crippen molar-refractivity contribution in [3.63, 3.8) is 0 Å². The molecule has 1 amide bonds. The Hall–Kier alpha value is -1.26. The first-order valence-corrected chi connectivity index (χ1v) is 7.41. The molecule has 0 unspecified atom stereocenters. The summed E-state index contributed by atoms with van der Waals surface area (Å²) in [6, 6.07) is 4.51. The van der Waals surface area contributed by atoms with Crippen LogP contribution in [-0.2, 0) is 0 Å². The highest BCUT2D eigenvalue weighted by Gasteiger charge is 2.27.